The van der Waals surface area contributed by atoms with Crippen LogP contribution in [0.3, 0.4) is 0 Å². The Hall–Kier alpha value is -2.11. The normalized spacial score (nSPS) is 14.7. The number of anilines is 2. The smallest absolute Gasteiger partial charge is 0.245 e. The van der Waals surface area contributed by atoms with Crippen LogP contribution in [0.5, 0.6) is 0 Å². The van der Waals surface area contributed by atoms with Crippen molar-refractivity contribution in [1.29, 1.82) is 0 Å². The first-order chi connectivity index (χ1) is 8.75. The van der Waals surface area contributed by atoms with Gasteiger partial charge >= 0.3 is 0 Å². The molecule has 0 bridgehead atoms. The summed E-state index contributed by atoms with van der Waals surface area (Å²) in [6, 6.07) is 8.47. The number of nitrogens with zero attached hydrogens (tertiary/aromatic N) is 5. The second-order valence-corrected chi connectivity index (χ2v) is 4.66. The van der Waals surface area contributed by atoms with Crippen LogP contribution in [0.4, 0.5) is 11.6 Å². The average molecular weight is 244 g/mol. The van der Waals surface area contributed by atoms with Crippen molar-refractivity contribution >= 4 is 11.6 Å². The van der Waals surface area contributed by atoms with Crippen LogP contribution in [0, 0.1) is 0 Å². The van der Waals surface area contributed by atoms with E-state index >= 15 is 0 Å². The summed E-state index contributed by atoms with van der Waals surface area (Å²) in [7, 11) is 1.86. The Morgan fingerprint density at radius 3 is 2.78 bits per heavy atom. The van der Waals surface area contributed by atoms with Crippen LogP contribution in [0.2, 0.25) is 0 Å². The molecule has 0 radical (unpaired) electrons. The fourth-order valence-electron chi connectivity index (χ4n) is 2.08. The molecule has 0 atom stereocenters. The first kappa shape index (κ1) is 11.0. The second kappa shape index (κ2) is 4.29. The highest BCUT2D eigenvalue weighted by Gasteiger charge is 2.32. The fourth-order valence-corrected chi connectivity index (χ4v) is 2.08. The third-order valence-electron chi connectivity index (χ3n) is 3.24. The Kier molecular flexibility index (Phi) is 2.62. The first-order valence-electron chi connectivity index (χ1n) is 6.08. The molecular weight excluding hydrogens is 228 g/mol. The van der Waals surface area contributed by atoms with Crippen molar-refractivity contribution < 1.29 is 0 Å². The number of para-hydroxylation sites is 1. The van der Waals surface area contributed by atoms with Gasteiger partial charge in [-0.05, 0) is 34.9 Å². The van der Waals surface area contributed by atoms with Crippen LogP contribution in [-0.2, 0) is 13.6 Å². The van der Waals surface area contributed by atoms with Crippen LogP contribution in [-0.4, -0.2) is 26.2 Å². The van der Waals surface area contributed by atoms with E-state index < -0.39 is 0 Å². The number of rotatable bonds is 4. The zero-order chi connectivity index (χ0) is 12.5. The van der Waals surface area contributed by atoms with E-state index in [1.807, 2.05) is 25.2 Å². The van der Waals surface area contributed by atoms with E-state index in [9.17, 15) is 0 Å². The maximum absolute atomic E-state index is 6.00. The van der Waals surface area contributed by atoms with Gasteiger partial charge in [-0.2, -0.15) is 0 Å². The van der Waals surface area contributed by atoms with Crippen LogP contribution in [0.15, 0.2) is 24.3 Å². The molecular formula is C12H16N6. The second-order valence-electron chi connectivity index (χ2n) is 4.66. The van der Waals surface area contributed by atoms with E-state index in [1.54, 1.807) is 4.68 Å². The minimum Gasteiger partial charge on any atom is -0.398 e. The lowest BCUT2D eigenvalue weighted by atomic mass is 10.1. The third kappa shape index (κ3) is 2.01. The summed E-state index contributed by atoms with van der Waals surface area (Å²) < 4.78 is 1.71. The van der Waals surface area contributed by atoms with E-state index in [1.165, 1.54) is 12.8 Å². The highest BCUT2D eigenvalue weighted by atomic mass is 15.6. The monoisotopic (exact) mass is 244 g/mol. The molecule has 0 spiro atoms. The number of nitrogen functional groups attached to an aromatic ring is 1. The van der Waals surface area contributed by atoms with Crippen molar-refractivity contribution in [3.63, 3.8) is 0 Å². The summed E-state index contributed by atoms with van der Waals surface area (Å²) in [6.45, 7) is 0.756. The van der Waals surface area contributed by atoms with Gasteiger partial charge in [0, 0.05) is 25.3 Å². The van der Waals surface area contributed by atoms with Gasteiger partial charge in [-0.25, -0.2) is 4.68 Å². The highest BCUT2D eigenvalue weighted by Crippen LogP contribution is 2.32. The highest BCUT2D eigenvalue weighted by molar-refractivity contribution is 5.49. The summed E-state index contributed by atoms with van der Waals surface area (Å²) in [5, 5.41) is 11.7. The Balaban J connectivity index is 1.88. The molecule has 1 fully saturated rings. The number of nitrogens with two attached hydrogens (primary N) is 1. The molecule has 18 heavy (non-hydrogen) atoms. The van der Waals surface area contributed by atoms with Crippen LogP contribution in [0.25, 0.3) is 0 Å². The molecule has 1 heterocycles. The molecule has 3 rings (SSSR count). The molecule has 0 saturated heterocycles. The minimum atomic E-state index is 0.536. The maximum atomic E-state index is 6.00. The topological polar surface area (TPSA) is 72.9 Å². The van der Waals surface area contributed by atoms with E-state index in [0.29, 0.717) is 6.04 Å². The van der Waals surface area contributed by atoms with Gasteiger partial charge in [-0.1, -0.05) is 23.3 Å². The molecule has 0 aliphatic heterocycles. The molecule has 1 aromatic carbocycles. The zero-order valence-corrected chi connectivity index (χ0v) is 10.3. The standard InChI is InChI=1S/C12H16N6/c1-17-12(14-15-16-17)18(10-6-7-10)8-9-4-2-3-5-11(9)13/h2-5,10H,6-8,13H2,1H3. The zero-order valence-electron chi connectivity index (χ0n) is 10.3. The SMILES string of the molecule is Cn1nnnc1N(Cc1ccccc1N)C1CC1. The summed E-state index contributed by atoms with van der Waals surface area (Å²) in [4.78, 5) is 2.23. The minimum absolute atomic E-state index is 0.536. The van der Waals surface area contributed by atoms with Crippen molar-refractivity contribution in [2.24, 2.45) is 7.05 Å². The summed E-state index contributed by atoms with van der Waals surface area (Å²) in [6.07, 6.45) is 2.39. The number of hydrogen-bond acceptors (Lipinski definition) is 5. The third-order valence-corrected chi connectivity index (χ3v) is 3.24. The van der Waals surface area contributed by atoms with Gasteiger partial charge in [0.25, 0.3) is 0 Å². The largest absolute Gasteiger partial charge is 0.398 e. The Morgan fingerprint density at radius 1 is 1.39 bits per heavy atom. The number of aromatic nitrogens is 4. The predicted octanol–water partition coefficient (Wildman–Crippen LogP) is 0.961. The lowest BCUT2D eigenvalue weighted by Crippen LogP contribution is -2.28. The molecule has 1 aliphatic carbocycles. The van der Waals surface area contributed by atoms with Crippen molar-refractivity contribution in [2.45, 2.75) is 25.4 Å². The lowest BCUT2D eigenvalue weighted by molar-refractivity contribution is 0.673. The van der Waals surface area contributed by atoms with Gasteiger partial charge in [0.15, 0.2) is 0 Å². The molecule has 2 aromatic rings. The first-order valence-corrected chi connectivity index (χ1v) is 6.08. The fraction of sp³-hybridized carbons (Fsp3) is 0.417. The van der Waals surface area contributed by atoms with Gasteiger partial charge in [-0.3, -0.25) is 0 Å². The Bertz CT molecular complexity index is 545. The van der Waals surface area contributed by atoms with Gasteiger partial charge in [0.05, 0.1) is 0 Å². The van der Waals surface area contributed by atoms with Gasteiger partial charge in [-0.15, -0.1) is 0 Å². The molecule has 6 nitrogen and oxygen atoms in total. The summed E-state index contributed by atoms with van der Waals surface area (Å²) >= 11 is 0. The molecule has 0 amide bonds. The number of benzene rings is 1. The van der Waals surface area contributed by atoms with Gasteiger partial charge in [0.2, 0.25) is 5.95 Å². The van der Waals surface area contributed by atoms with Crippen molar-refractivity contribution in [3.8, 4) is 0 Å². The molecule has 1 saturated carbocycles. The predicted molar refractivity (Wildman–Crippen MR) is 68.9 cm³/mol. The molecule has 1 aliphatic rings. The Labute approximate surface area is 105 Å². The summed E-state index contributed by atoms with van der Waals surface area (Å²) in [5.41, 5.74) is 7.93. The molecule has 1 aromatic heterocycles. The Morgan fingerprint density at radius 2 is 2.17 bits per heavy atom. The van der Waals surface area contributed by atoms with E-state index in [0.717, 1.165) is 23.7 Å². The lowest BCUT2D eigenvalue weighted by Gasteiger charge is -2.22. The number of tetrazole rings is 1. The van der Waals surface area contributed by atoms with Crippen molar-refractivity contribution in [3.05, 3.63) is 29.8 Å². The number of aryl methyl sites for hydroxylation is 1. The van der Waals surface area contributed by atoms with Gasteiger partial charge in [0.1, 0.15) is 0 Å². The molecule has 0 unspecified atom stereocenters. The van der Waals surface area contributed by atoms with Crippen LogP contribution < -0.4 is 10.6 Å². The molecule has 6 heteroatoms. The average Bonchev–Trinajstić information content (AvgIpc) is 3.11. The number of hydrogen-bond donors (Lipinski definition) is 1. The van der Waals surface area contributed by atoms with Gasteiger partial charge < -0.3 is 10.6 Å². The molecule has 94 valence electrons. The van der Waals surface area contributed by atoms with Crippen LogP contribution in [0.1, 0.15) is 18.4 Å². The maximum Gasteiger partial charge on any atom is 0.245 e. The van der Waals surface area contributed by atoms with E-state index in [2.05, 4.69) is 26.5 Å². The van der Waals surface area contributed by atoms with E-state index in [4.69, 9.17) is 5.73 Å². The van der Waals surface area contributed by atoms with E-state index in [-0.39, 0.29) is 0 Å². The van der Waals surface area contributed by atoms with Crippen LogP contribution >= 0.6 is 0 Å². The summed E-state index contributed by atoms with van der Waals surface area (Å²) in [5.74, 6) is 0.806. The molecule has 2 N–H and O–H groups in total. The quantitative estimate of drug-likeness (QED) is 0.811. The van der Waals surface area contributed by atoms with Crippen molar-refractivity contribution in [2.75, 3.05) is 10.6 Å². The van der Waals surface area contributed by atoms with Crippen molar-refractivity contribution in [1.82, 2.24) is 20.2 Å².